The van der Waals surface area contributed by atoms with Gasteiger partial charge < -0.3 is 10.2 Å². The van der Waals surface area contributed by atoms with E-state index in [9.17, 15) is 0 Å². The minimum Gasteiger partial charge on any atom is -0.349 e. The van der Waals surface area contributed by atoms with Gasteiger partial charge in [-0.3, -0.25) is 5.32 Å². The highest BCUT2D eigenvalue weighted by atomic mass is 32.1. The Morgan fingerprint density at radius 3 is 2.83 bits per heavy atom. The Hall–Kier alpha value is -1.56. The maximum absolute atomic E-state index is 4.56. The number of hydrogen-bond donors (Lipinski definition) is 2. The predicted molar refractivity (Wildman–Crippen MR) is 77.1 cm³/mol. The number of nitrogens with zero attached hydrogens (tertiary/aromatic N) is 3. The monoisotopic (exact) mass is 265 g/mol. The molecule has 98 valence electrons. The van der Waals surface area contributed by atoms with Crippen LogP contribution in [0, 0.1) is 6.92 Å². The summed E-state index contributed by atoms with van der Waals surface area (Å²) >= 11 is 1.72. The standard InChI is InChI=1S/C12H19N5S/c1-8-6-18-7-10(8)5-13-11-14-9(2)15-12(16-11)17(3)4/h6-7,9H,5H2,1-4H3,(H2,13,14,15,16). The summed E-state index contributed by atoms with van der Waals surface area (Å²) in [6.07, 6.45) is 0.0472. The normalized spacial score (nSPS) is 21.2. The van der Waals surface area contributed by atoms with E-state index in [2.05, 4.69) is 38.3 Å². The summed E-state index contributed by atoms with van der Waals surface area (Å²) in [5.74, 6) is 1.62. The van der Waals surface area contributed by atoms with Crippen molar-refractivity contribution in [3.05, 3.63) is 21.9 Å². The van der Waals surface area contributed by atoms with Crippen molar-refractivity contribution < 1.29 is 0 Å². The van der Waals surface area contributed by atoms with Gasteiger partial charge in [-0.2, -0.15) is 11.3 Å². The molecule has 6 heteroatoms. The minimum absolute atomic E-state index is 0.0472. The Kier molecular flexibility index (Phi) is 3.86. The van der Waals surface area contributed by atoms with Gasteiger partial charge in [0, 0.05) is 14.1 Å². The first-order valence-electron chi connectivity index (χ1n) is 5.91. The molecule has 0 aromatic carbocycles. The molecule has 2 N–H and O–H groups in total. The van der Waals surface area contributed by atoms with Gasteiger partial charge in [0.05, 0.1) is 6.54 Å². The van der Waals surface area contributed by atoms with Gasteiger partial charge in [0.25, 0.3) is 0 Å². The Bertz CT molecular complexity index is 475. The van der Waals surface area contributed by atoms with Crippen LogP contribution in [0.3, 0.4) is 0 Å². The number of nitrogens with one attached hydrogen (secondary N) is 2. The van der Waals surface area contributed by atoms with Gasteiger partial charge in [-0.1, -0.05) is 0 Å². The molecule has 0 saturated heterocycles. The summed E-state index contributed by atoms with van der Waals surface area (Å²) in [7, 11) is 3.93. The molecule has 1 unspecified atom stereocenters. The van der Waals surface area contributed by atoms with E-state index < -0.39 is 0 Å². The lowest BCUT2D eigenvalue weighted by Crippen LogP contribution is -2.53. The molecular formula is C12H19N5S. The van der Waals surface area contributed by atoms with E-state index in [0.717, 1.165) is 11.9 Å². The maximum atomic E-state index is 4.56. The number of thiophene rings is 1. The van der Waals surface area contributed by atoms with Crippen molar-refractivity contribution in [1.29, 1.82) is 0 Å². The van der Waals surface area contributed by atoms with Crippen LogP contribution >= 0.6 is 11.3 Å². The van der Waals surface area contributed by atoms with Gasteiger partial charge in [0.2, 0.25) is 5.96 Å². The van der Waals surface area contributed by atoms with Crippen molar-refractivity contribution in [3.63, 3.8) is 0 Å². The molecule has 1 atom stereocenters. The number of hydrogen-bond acceptors (Lipinski definition) is 4. The summed E-state index contributed by atoms with van der Waals surface area (Å²) in [6, 6.07) is 0. The molecule has 0 radical (unpaired) electrons. The zero-order valence-electron chi connectivity index (χ0n) is 11.2. The summed E-state index contributed by atoms with van der Waals surface area (Å²) in [5, 5.41) is 10.7. The molecule has 0 aliphatic carbocycles. The molecule has 1 aromatic heterocycles. The number of rotatable bonds is 2. The molecule has 0 amide bonds. The molecule has 18 heavy (non-hydrogen) atoms. The van der Waals surface area contributed by atoms with Gasteiger partial charge >= 0.3 is 0 Å². The Morgan fingerprint density at radius 2 is 2.22 bits per heavy atom. The first kappa shape index (κ1) is 12.9. The summed E-state index contributed by atoms with van der Waals surface area (Å²) in [5.41, 5.74) is 2.58. The van der Waals surface area contributed by atoms with Crippen LogP contribution in [0.25, 0.3) is 0 Å². The second-order valence-electron chi connectivity index (χ2n) is 4.54. The van der Waals surface area contributed by atoms with E-state index >= 15 is 0 Å². The minimum atomic E-state index is 0.0472. The van der Waals surface area contributed by atoms with Gasteiger partial charge in [-0.15, -0.1) is 0 Å². The fourth-order valence-electron chi connectivity index (χ4n) is 1.61. The van der Waals surface area contributed by atoms with E-state index in [1.807, 2.05) is 25.9 Å². The zero-order valence-corrected chi connectivity index (χ0v) is 12.0. The molecule has 0 saturated carbocycles. The first-order chi connectivity index (χ1) is 8.56. The first-order valence-corrected chi connectivity index (χ1v) is 6.85. The number of aryl methyl sites for hydroxylation is 1. The third-order valence-electron chi connectivity index (χ3n) is 2.68. The smallest absolute Gasteiger partial charge is 0.202 e. The SMILES string of the molecule is Cc1cscc1CN=C1NC(N(C)C)=NC(C)N1. The van der Waals surface area contributed by atoms with Crippen LogP contribution in [-0.2, 0) is 6.54 Å². The van der Waals surface area contributed by atoms with E-state index in [-0.39, 0.29) is 6.17 Å². The topological polar surface area (TPSA) is 52.0 Å². The van der Waals surface area contributed by atoms with Crippen molar-refractivity contribution in [3.8, 4) is 0 Å². The van der Waals surface area contributed by atoms with Crippen molar-refractivity contribution >= 4 is 23.3 Å². The molecule has 1 aromatic rings. The highest BCUT2D eigenvalue weighted by molar-refractivity contribution is 7.08. The second-order valence-corrected chi connectivity index (χ2v) is 5.28. The van der Waals surface area contributed by atoms with Crippen molar-refractivity contribution in [2.24, 2.45) is 9.98 Å². The Labute approximate surface area is 112 Å². The lowest BCUT2D eigenvalue weighted by Gasteiger charge is -2.26. The molecule has 0 fully saturated rings. The predicted octanol–water partition coefficient (Wildman–Crippen LogP) is 1.37. The van der Waals surface area contributed by atoms with Crippen LogP contribution in [0.5, 0.6) is 0 Å². The molecule has 1 aliphatic rings. The third kappa shape index (κ3) is 3.01. The molecule has 0 spiro atoms. The highest BCUT2D eigenvalue weighted by Gasteiger charge is 2.15. The average Bonchev–Trinajstić information content (AvgIpc) is 2.71. The second kappa shape index (κ2) is 5.39. The van der Waals surface area contributed by atoms with Crippen molar-refractivity contribution in [2.45, 2.75) is 26.6 Å². The Balaban J connectivity index is 2.06. The number of guanidine groups is 2. The maximum Gasteiger partial charge on any atom is 0.202 e. The van der Waals surface area contributed by atoms with E-state index in [1.54, 1.807) is 11.3 Å². The summed E-state index contributed by atoms with van der Waals surface area (Å²) in [6.45, 7) is 4.82. The largest absolute Gasteiger partial charge is 0.349 e. The quantitative estimate of drug-likeness (QED) is 0.849. The lowest BCUT2D eigenvalue weighted by molar-refractivity contribution is 0.559. The van der Waals surface area contributed by atoms with Crippen LogP contribution in [0.4, 0.5) is 0 Å². The fourth-order valence-corrected chi connectivity index (χ4v) is 2.46. The third-order valence-corrected chi connectivity index (χ3v) is 3.59. The van der Waals surface area contributed by atoms with Gasteiger partial charge in [-0.05, 0) is 35.7 Å². The Morgan fingerprint density at radius 1 is 1.44 bits per heavy atom. The van der Waals surface area contributed by atoms with Crippen LogP contribution < -0.4 is 10.6 Å². The van der Waals surface area contributed by atoms with Gasteiger partial charge in [-0.25, -0.2) is 9.98 Å². The molecular weight excluding hydrogens is 246 g/mol. The lowest BCUT2D eigenvalue weighted by atomic mass is 10.2. The van der Waals surface area contributed by atoms with Crippen molar-refractivity contribution in [1.82, 2.24) is 15.5 Å². The molecule has 0 bridgehead atoms. The van der Waals surface area contributed by atoms with Gasteiger partial charge in [0.1, 0.15) is 6.17 Å². The highest BCUT2D eigenvalue weighted by Crippen LogP contribution is 2.14. The molecule has 2 rings (SSSR count). The van der Waals surface area contributed by atoms with Crippen LogP contribution in [-0.4, -0.2) is 37.1 Å². The van der Waals surface area contributed by atoms with E-state index in [0.29, 0.717) is 6.54 Å². The fraction of sp³-hybridized carbons (Fsp3) is 0.500. The van der Waals surface area contributed by atoms with Crippen LogP contribution in [0.2, 0.25) is 0 Å². The van der Waals surface area contributed by atoms with Crippen LogP contribution in [0.15, 0.2) is 20.7 Å². The molecule has 5 nitrogen and oxygen atoms in total. The van der Waals surface area contributed by atoms with E-state index in [4.69, 9.17) is 0 Å². The molecule has 1 aliphatic heterocycles. The zero-order chi connectivity index (χ0) is 13.1. The van der Waals surface area contributed by atoms with Crippen molar-refractivity contribution in [2.75, 3.05) is 14.1 Å². The molecule has 2 heterocycles. The van der Waals surface area contributed by atoms with Crippen LogP contribution in [0.1, 0.15) is 18.1 Å². The summed E-state index contributed by atoms with van der Waals surface area (Å²) < 4.78 is 0. The average molecular weight is 265 g/mol. The summed E-state index contributed by atoms with van der Waals surface area (Å²) in [4.78, 5) is 10.9. The number of aliphatic imine (C=N–C) groups is 2. The van der Waals surface area contributed by atoms with E-state index in [1.165, 1.54) is 11.1 Å². The van der Waals surface area contributed by atoms with Gasteiger partial charge in [0.15, 0.2) is 5.96 Å².